The van der Waals surface area contributed by atoms with E-state index < -0.39 is 9.84 Å². The zero-order valence-electron chi connectivity index (χ0n) is 14.0. The Kier molecular flexibility index (Phi) is 5.24. The van der Waals surface area contributed by atoms with Crippen LogP contribution >= 0.6 is 0 Å². The van der Waals surface area contributed by atoms with Gasteiger partial charge in [-0.15, -0.1) is 0 Å². The Morgan fingerprint density at radius 1 is 1.38 bits per heavy atom. The fraction of sp³-hybridized carbons (Fsp3) is 0.750. The van der Waals surface area contributed by atoms with E-state index in [1.807, 2.05) is 4.90 Å². The van der Waals surface area contributed by atoms with Crippen molar-refractivity contribution in [2.75, 3.05) is 32.6 Å². The molecular weight excluding hydrogens is 330 g/mol. The zero-order valence-corrected chi connectivity index (χ0v) is 14.8. The van der Waals surface area contributed by atoms with Crippen LogP contribution in [0.25, 0.3) is 0 Å². The van der Waals surface area contributed by atoms with Crippen LogP contribution in [0.5, 0.6) is 0 Å². The number of amides is 1. The highest BCUT2D eigenvalue weighted by Gasteiger charge is 2.31. The first-order chi connectivity index (χ1) is 11.4. The topological polar surface area (TPSA) is 92.4 Å². The predicted molar refractivity (Wildman–Crippen MR) is 88.2 cm³/mol. The molecule has 8 heteroatoms. The molecule has 24 heavy (non-hydrogen) atoms. The highest BCUT2D eigenvalue weighted by molar-refractivity contribution is 7.90. The van der Waals surface area contributed by atoms with Crippen LogP contribution < -0.4 is 0 Å². The van der Waals surface area contributed by atoms with Gasteiger partial charge in [0.25, 0.3) is 0 Å². The Balaban J connectivity index is 1.64. The number of hydrogen-bond donors (Lipinski definition) is 1. The van der Waals surface area contributed by atoms with Crippen molar-refractivity contribution in [1.82, 2.24) is 15.1 Å². The summed E-state index contributed by atoms with van der Waals surface area (Å²) in [6.45, 7) is 2.83. The summed E-state index contributed by atoms with van der Waals surface area (Å²) in [5.74, 6) is 0.579. The minimum atomic E-state index is -3.28. The third-order valence-corrected chi connectivity index (χ3v) is 6.12. The molecule has 3 rings (SSSR count). The molecule has 0 bridgehead atoms. The Bertz CT molecular complexity index is 679. The molecule has 1 N–H and O–H groups in total. The van der Waals surface area contributed by atoms with E-state index in [0.717, 1.165) is 32.2 Å². The summed E-state index contributed by atoms with van der Waals surface area (Å²) < 4.78 is 28.9. The van der Waals surface area contributed by atoms with Crippen molar-refractivity contribution >= 4 is 15.7 Å². The molecule has 0 spiro atoms. The number of nitrogens with one attached hydrogen (secondary N) is 1. The van der Waals surface area contributed by atoms with Gasteiger partial charge in [0, 0.05) is 38.5 Å². The van der Waals surface area contributed by atoms with Crippen LogP contribution in [0.2, 0.25) is 0 Å². The number of nitrogens with zero attached hydrogens (tertiary/aromatic N) is 2. The first-order valence-corrected chi connectivity index (χ1v) is 10.4. The van der Waals surface area contributed by atoms with Crippen molar-refractivity contribution in [3.05, 3.63) is 11.9 Å². The minimum Gasteiger partial charge on any atom is -0.381 e. The standard InChI is InChI=1S/C16H25N3O4S/c1-24(21,22)15-10-17-18-14(15)9-12-3-2-6-19(11-12)16(20)13-4-7-23-8-5-13/h10,12-13H,2-9,11H2,1H3,(H,17,18)/t12-/m0/s1. The molecule has 2 fully saturated rings. The highest BCUT2D eigenvalue weighted by Crippen LogP contribution is 2.26. The first kappa shape index (κ1) is 17.4. The van der Waals surface area contributed by atoms with Crippen molar-refractivity contribution in [1.29, 1.82) is 0 Å². The number of carbonyl (C=O) groups excluding carboxylic acids is 1. The Hall–Kier alpha value is -1.41. The minimum absolute atomic E-state index is 0.0798. The lowest BCUT2D eigenvalue weighted by atomic mass is 9.91. The van der Waals surface area contributed by atoms with Gasteiger partial charge in [-0.1, -0.05) is 0 Å². The van der Waals surface area contributed by atoms with Crippen LogP contribution in [0.4, 0.5) is 0 Å². The monoisotopic (exact) mass is 355 g/mol. The average Bonchev–Trinajstić information content (AvgIpc) is 3.04. The van der Waals surface area contributed by atoms with Gasteiger partial charge in [-0.25, -0.2) is 8.42 Å². The van der Waals surface area contributed by atoms with Crippen LogP contribution in [-0.2, 0) is 25.8 Å². The number of H-pyrrole nitrogens is 1. The molecule has 0 unspecified atom stereocenters. The number of rotatable bonds is 4. The third-order valence-electron chi connectivity index (χ3n) is 4.97. The quantitative estimate of drug-likeness (QED) is 0.870. The molecule has 2 aliphatic heterocycles. The fourth-order valence-electron chi connectivity index (χ4n) is 3.69. The smallest absolute Gasteiger partial charge is 0.225 e. The van der Waals surface area contributed by atoms with Gasteiger partial charge < -0.3 is 9.64 Å². The third kappa shape index (κ3) is 3.97. The number of aromatic amines is 1. The van der Waals surface area contributed by atoms with E-state index in [4.69, 9.17) is 4.74 Å². The van der Waals surface area contributed by atoms with Crippen molar-refractivity contribution in [3.8, 4) is 0 Å². The number of piperidine rings is 1. The van der Waals surface area contributed by atoms with Crippen molar-refractivity contribution in [2.45, 2.75) is 37.0 Å². The predicted octanol–water partition coefficient (Wildman–Crippen LogP) is 1.02. The normalized spacial score (nSPS) is 23.4. The number of hydrogen-bond acceptors (Lipinski definition) is 5. The maximum absolute atomic E-state index is 12.7. The molecule has 0 saturated carbocycles. The lowest BCUT2D eigenvalue weighted by Gasteiger charge is -2.35. The molecular formula is C16H25N3O4S. The summed E-state index contributed by atoms with van der Waals surface area (Å²) in [5.41, 5.74) is 0.655. The van der Waals surface area contributed by atoms with Crippen LogP contribution in [-0.4, -0.2) is 62.0 Å². The molecule has 2 saturated heterocycles. The van der Waals surface area contributed by atoms with Gasteiger partial charge in [-0.05, 0) is 38.0 Å². The first-order valence-electron chi connectivity index (χ1n) is 8.54. The van der Waals surface area contributed by atoms with E-state index in [0.29, 0.717) is 31.9 Å². The Morgan fingerprint density at radius 3 is 2.83 bits per heavy atom. The summed E-state index contributed by atoms with van der Waals surface area (Å²) in [6, 6.07) is 0. The molecule has 7 nitrogen and oxygen atoms in total. The Labute approximate surface area is 142 Å². The molecule has 1 atom stereocenters. The van der Waals surface area contributed by atoms with Crippen LogP contribution in [0.15, 0.2) is 11.1 Å². The van der Waals surface area contributed by atoms with E-state index in [2.05, 4.69) is 10.2 Å². The van der Waals surface area contributed by atoms with E-state index >= 15 is 0 Å². The van der Waals surface area contributed by atoms with Gasteiger partial charge in [0.05, 0.1) is 11.9 Å². The lowest BCUT2D eigenvalue weighted by Crippen LogP contribution is -2.44. The van der Waals surface area contributed by atoms with E-state index in [1.54, 1.807) is 0 Å². The fourth-order valence-corrected chi connectivity index (χ4v) is 4.51. The number of sulfone groups is 1. The summed E-state index contributed by atoms with van der Waals surface area (Å²) in [4.78, 5) is 14.9. The van der Waals surface area contributed by atoms with E-state index in [1.165, 1.54) is 12.5 Å². The number of carbonyl (C=O) groups is 1. The lowest BCUT2D eigenvalue weighted by molar-refractivity contribution is -0.140. The SMILES string of the molecule is CS(=O)(=O)c1cn[nH]c1C[C@@H]1CCCN(C(=O)C2CCOCC2)C1. The molecule has 3 heterocycles. The van der Waals surface area contributed by atoms with E-state index in [-0.39, 0.29) is 22.6 Å². The van der Waals surface area contributed by atoms with Gasteiger partial charge >= 0.3 is 0 Å². The number of aromatic nitrogens is 2. The summed E-state index contributed by atoms with van der Waals surface area (Å²) in [7, 11) is -3.28. The molecule has 134 valence electrons. The summed E-state index contributed by atoms with van der Waals surface area (Å²) >= 11 is 0. The second kappa shape index (κ2) is 7.23. The van der Waals surface area contributed by atoms with Gasteiger partial charge in [-0.2, -0.15) is 5.10 Å². The van der Waals surface area contributed by atoms with Crippen molar-refractivity contribution in [2.24, 2.45) is 11.8 Å². The molecule has 0 aromatic carbocycles. The van der Waals surface area contributed by atoms with Crippen LogP contribution in [0.1, 0.15) is 31.4 Å². The van der Waals surface area contributed by atoms with Gasteiger partial charge in [-0.3, -0.25) is 9.89 Å². The van der Waals surface area contributed by atoms with Gasteiger partial charge in [0.1, 0.15) is 4.90 Å². The summed E-state index contributed by atoms with van der Waals surface area (Å²) in [6.07, 6.45) is 6.75. The molecule has 1 aromatic heterocycles. The van der Waals surface area contributed by atoms with Gasteiger partial charge in [0.2, 0.25) is 5.91 Å². The van der Waals surface area contributed by atoms with Gasteiger partial charge in [0.15, 0.2) is 9.84 Å². The van der Waals surface area contributed by atoms with Crippen LogP contribution in [0.3, 0.4) is 0 Å². The molecule has 1 amide bonds. The largest absolute Gasteiger partial charge is 0.381 e. The average molecular weight is 355 g/mol. The van der Waals surface area contributed by atoms with E-state index in [9.17, 15) is 13.2 Å². The maximum atomic E-state index is 12.7. The highest BCUT2D eigenvalue weighted by atomic mass is 32.2. The Morgan fingerprint density at radius 2 is 2.12 bits per heavy atom. The summed E-state index contributed by atoms with van der Waals surface area (Å²) in [5, 5.41) is 6.70. The second-order valence-electron chi connectivity index (χ2n) is 6.87. The second-order valence-corrected chi connectivity index (χ2v) is 8.85. The zero-order chi connectivity index (χ0) is 17.2. The molecule has 0 aliphatic carbocycles. The maximum Gasteiger partial charge on any atom is 0.225 e. The van der Waals surface area contributed by atoms with Crippen molar-refractivity contribution < 1.29 is 17.9 Å². The molecule has 2 aliphatic rings. The number of ether oxygens (including phenoxy) is 1. The van der Waals surface area contributed by atoms with Crippen LogP contribution in [0, 0.1) is 11.8 Å². The number of likely N-dealkylation sites (tertiary alicyclic amines) is 1. The molecule has 1 aromatic rings. The van der Waals surface area contributed by atoms with Crippen molar-refractivity contribution in [3.63, 3.8) is 0 Å². The molecule has 0 radical (unpaired) electrons.